The van der Waals surface area contributed by atoms with Crippen molar-refractivity contribution in [3.05, 3.63) is 83.9 Å². The molecule has 0 aromatic heterocycles. The van der Waals surface area contributed by atoms with Gasteiger partial charge in [0.05, 0.1) is 0 Å². The molecular weight excluding hydrogens is 288 g/mol. The zero-order chi connectivity index (χ0) is 16.5. The summed E-state index contributed by atoms with van der Waals surface area (Å²) in [5, 5.41) is 5.36. The number of hydrogen-bond donors (Lipinski definition) is 0. The summed E-state index contributed by atoms with van der Waals surface area (Å²) in [6.07, 6.45) is 2.11. The highest BCUT2D eigenvalue weighted by Crippen LogP contribution is 2.37. The monoisotopic (exact) mass is 310 g/mol. The van der Waals surface area contributed by atoms with E-state index in [0.717, 1.165) is 12.8 Å². The molecule has 24 heavy (non-hydrogen) atoms. The minimum absolute atomic E-state index is 1.05. The minimum Gasteiger partial charge on any atom is -0.0616 e. The number of hydrogen-bond acceptors (Lipinski definition) is 0. The maximum Gasteiger partial charge on any atom is -0.00671 e. The Hall–Kier alpha value is -2.60. The molecule has 0 heteroatoms. The van der Waals surface area contributed by atoms with Gasteiger partial charge in [0.2, 0.25) is 0 Å². The molecule has 0 aliphatic rings. The zero-order valence-electron chi connectivity index (χ0n) is 14.3. The molecule has 0 saturated carbocycles. The number of benzene rings is 4. The van der Waals surface area contributed by atoms with Gasteiger partial charge in [-0.2, -0.15) is 0 Å². The average molecular weight is 310 g/mol. The smallest absolute Gasteiger partial charge is 0.00671 e. The summed E-state index contributed by atoms with van der Waals surface area (Å²) in [5.74, 6) is 0. The fraction of sp³-hybridized carbons (Fsp3) is 0.167. The summed E-state index contributed by atoms with van der Waals surface area (Å²) < 4.78 is 0. The van der Waals surface area contributed by atoms with Crippen LogP contribution in [0, 0.1) is 0 Å². The van der Waals surface area contributed by atoms with Crippen molar-refractivity contribution in [2.45, 2.75) is 26.7 Å². The van der Waals surface area contributed by atoms with Gasteiger partial charge in [-0.1, -0.05) is 86.6 Å². The molecule has 0 saturated heterocycles. The first-order chi connectivity index (χ1) is 11.8. The molecule has 118 valence electrons. The summed E-state index contributed by atoms with van der Waals surface area (Å²) in [4.78, 5) is 0. The fourth-order valence-electron chi connectivity index (χ4n) is 3.71. The highest BCUT2D eigenvalue weighted by Gasteiger charge is 2.12. The molecule has 0 unspecified atom stereocenters. The summed E-state index contributed by atoms with van der Waals surface area (Å²) in [6.45, 7) is 4.48. The van der Waals surface area contributed by atoms with Crippen molar-refractivity contribution < 1.29 is 0 Å². The van der Waals surface area contributed by atoms with E-state index in [9.17, 15) is 0 Å². The molecule has 0 aliphatic heterocycles. The Morgan fingerprint density at radius 2 is 1.33 bits per heavy atom. The topological polar surface area (TPSA) is 0 Å². The first-order valence-electron chi connectivity index (χ1n) is 8.84. The predicted octanol–water partition coefficient (Wildman–Crippen LogP) is 6.78. The van der Waals surface area contributed by atoms with Gasteiger partial charge < -0.3 is 0 Å². The van der Waals surface area contributed by atoms with Crippen LogP contribution in [0.25, 0.3) is 32.7 Å². The predicted molar refractivity (Wildman–Crippen MR) is 106 cm³/mol. The van der Waals surface area contributed by atoms with Gasteiger partial charge in [-0.05, 0) is 56.6 Å². The third-order valence-electron chi connectivity index (χ3n) is 5.00. The SMILES string of the molecule is CCc1cc(-c2c(CC)ccc3ccccc23)c2ccccc2c1. The normalized spacial score (nSPS) is 11.2. The van der Waals surface area contributed by atoms with Crippen molar-refractivity contribution in [3.8, 4) is 11.1 Å². The van der Waals surface area contributed by atoms with E-state index in [2.05, 4.69) is 86.6 Å². The van der Waals surface area contributed by atoms with Gasteiger partial charge in [0, 0.05) is 0 Å². The van der Waals surface area contributed by atoms with E-state index in [-0.39, 0.29) is 0 Å². The van der Waals surface area contributed by atoms with Crippen LogP contribution in [0.1, 0.15) is 25.0 Å². The fourth-order valence-corrected chi connectivity index (χ4v) is 3.71. The Morgan fingerprint density at radius 1 is 0.625 bits per heavy atom. The molecule has 0 fully saturated rings. The Bertz CT molecular complexity index is 1020. The lowest BCUT2D eigenvalue weighted by Crippen LogP contribution is -1.93. The quantitative estimate of drug-likeness (QED) is 0.391. The van der Waals surface area contributed by atoms with Crippen molar-refractivity contribution in [2.75, 3.05) is 0 Å². The molecule has 0 spiro atoms. The first-order valence-corrected chi connectivity index (χ1v) is 8.84. The van der Waals surface area contributed by atoms with Crippen LogP contribution in [0.15, 0.2) is 72.8 Å². The van der Waals surface area contributed by atoms with Gasteiger partial charge in [-0.15, -0.1) is 0 Å². The molecule has 0 atom stereocenters. The lowest BCUT2D eigenvalue weighted by Gasteiger charge is -2.16. The summed E-state index contributed by atoms with van der Waals surface area (Å²) in [6, 6.07) is 26.8. The van der Waals surface area contributed by atoms with Gasteiger partial charge in [-0.3, -0.25) is 0 Å². The van der Waals surface area contributed by atoms with Gasteiger partial charge in [0.1, 0.15) is 0 Å². The highest BCUT2D eigenvalue weighted by molar-refractivity contribution is 6.06. The van der Waals surface area contributed by atoms with Crippen LogP contribution in [-0.2, 0) is 12.8 Å². The molecule has 0 heterocycles. The second-order valence-corrected chi connectivity index (χ2v) is 6.39. The van der Waals surface area contributed by atoms with Crippen molar-refractivity contribution in [3.63, 3.8) is 0 Å². The van der Waals surface area contributed by atoms with E-state index in [1.54, 1.807) is 0 Å². The van der Waals surface area contributed by atoms with Crippen LogP contribution in [0.4, 0.5) is 0 Å². The Morgan fingerprint density at radius 3 is 2.08 bits per heavy atom. The second-order valence-electron chi connectivity index (χ2n) is 6.39. The van der Waals surface area contributed by atoms with Gasteiger partial charge >= 0.3 is 0 Å². The average Bonchev–Trinajstić information content (AvgIpc) is 2.66. The zero-order valence-corrected chi connectivity index (χ0v) is 14.3. The molecule has 0 N–H and O–H groups in total. The molecular formula is C24H22. The van der Waals surface area contributed by atoms with Crippen LogP contribution < -0.4 is 0 Å². The number of fused-ring (bicyclic) bond motifs is 2. The van der Waals surface area contributed by atoms with E-state index in [1.165, 1.54) is 43.8 Å². The summed E-state index contributed by atoms with van der Waals surface area (Å²) in [7, 11) is 0. The van der Waals surface area contributed by atoms with Crippen molar-refractivity contribution in [1.29, 1.82) is 0 Å². The summed E-state index contributed by atoms with van der Waals surface area (Å²) in [5.41, 5.74) is 5.60. The number of aryl methyl sites for hydroxylation is 2. The van der Waals surface area contributed by atoms with Crippen LogP contribution in [0.2, 0.25) is 0 Å². The molecule has 4 aromatic rings. The van der Waals surface area contributed by atoms with Crippen LogP contribution >= 0.6 is 0 Å². The standard InChI is InChI=1S/C24H22/c1-3-17-15-20-10-6-7-11-21(20)23(16-17)24-18(4-2)13-14-19-9-5-8-12-22(19)24/h5-16H,3-4H2,1-2H3. The molecule has 4 aromatic carbocycles. The van der Waals surface area contributed by atoms with E-state index in [0.29, 0.717) is 0 Å². The molecule has 4 rings (SSSR count). The number of rotatable bonds is 3. The third-order valence-corrected chi connectivity index (χ3v) is 5.00. The van der Waals surface area contributed by atoms with Crippen LogP contribution in [0.5, 0.6) is 0 Å². The lowest BCUT2D eigenvalue weighted by atomic mass is 9.88. The Labute approximate surface area is 143 Å². The molecule has 0 bridgehead atoms. The van der Waals surface area contributed by atoms with E-state index < -0.39 is 0 Å². The van der Waals surface area contributed by atoms with Gasteiger partial charge in [-0.25, -0.2) is 0 Å². The minimum atomic E-state index is 1.05. The van der Waals surface area contributed by atoms with Gasteiger partial charge in [0.15, 0.2) is 0 Å². The Balaban J connectivity index is 2.16. The molecule has 0 nitrogen and oxygen atoms in total. The van der Waals surface area contributed by atoms with Crippen LogP contribution in [-0.4, -0.2) is 0 Å². The van der Waals surface area contributed by atoms with E-state index >= 15 is 0 Å². The van der Waals surface area contributed by atoms with Crippen molar-refractivity contribution >= 4 is 21.5 Å². The summed E-state index contributed by atoms with van der Waals surface area (Å²) >= 11 is 0. The maximum absolute atomic E-state index is 2.39. The second kappa shape index (κ2) is 6.13. The van der Waals surface area contributed by atoms with Gasteiger partial charge in [0.25, 0.3) is 0 Å². The molecule has 0 aliphatic carbocycles. The van der Waals surface area contributed by atoms with E-state index in [4.69, 9.17) is 0 Å². The highest BCUT2D eigenvalue weighted by atomic mass is 14.2. The molecule has 0 radical (unpaired) electrons. The van der Waals surface area contributed by atoms with Crippen molar-refractivity contribution in [1.82, 2.24) is 0 Å². The largest absolute Gasteiger partial charge is 0.0616 e. The Kier molecular flexibility index (Phi) is 3.82. The van der Waals surface area contributed by atoms with Crippen LogP contribution in [0.3, 0.4) is 0 Å². The molecule has 0 amide bonds. The maximum atomic E-state index is 2.39. The van der Waals surface area contributed by atoms with E-state index in [1.807, 2.05) is 0 Å². The van der Waals surface area contributed by atoms with Crippen molar-refractivity contribution in [2.24, 2.45) is 0 Å². The lowest BCUT2D eigenvalue weighted by molar-refractivity contribution is 1.14. The third kappa shape index (κ3) is 2.39. The first kappa shape index (κ1) is 15.0.